The van der Waals surface area contributed by atoms with Crippen LogP contribution < -0.4 is 5.32 Å². The highest BCUT2D eigenvalue weighted by Gasteiger charge is 2.42. The van der Waals surface area contributed by atoms with Gasteiger partial charge in [-0.25, -0.2) is 9.97 Å². The van der Waals surface area contributed by atoms with Gasteiger partial charge in [-0.15, -0.1) is 0 Å². The SMILES string of the molecule is CCCNc1cc(-c2ccccc2)nc(C2(C)CC2)n1. The summed E-state index contributed by atoms with van der Waals surface area (Å²) in [7, 11) is 0. The third kappa shape index (κ3) is 2.67. The van der Waals surface area contributed by atoms with Crippen molar-refractivity contribution in [2.45, 2.75) is 38.5 Å². The van der Waals surface area contributed by atoms with E-state index in [9.17, 15) is 0 Å². The van der Waals surface area contributed by atoms with Crippen molar-refractivity contribution in [3.05, 3.63) is 42.2 Å². The van der Waals surface area contributed by atoms with Gasteiger partial charge in [-0.1, -0.05) is 44.2 Å². The molecule has 0 atom stereocenters. The molecule has 3 rings (SSSR count). The maximum absolute atomic E-state index is 4.79. The van der Waals surface area contributed by atoms with Crippen molar-refractivity contribution >= 4 is 5.82 Å². The van der Waals surface area contributed by atoms with E-state index in [0.29, 0.717) is 0 Å². The van der Waals surface area contributed by atoms with Crippen LogP contribution >= 0.6 is 0 Å². The zero-order valence-corrected chi connectivity index (χ0v) is 12.2. The number of nitrogens with zero attached hydrogens (tertiary/aromatic N) is 2. The minimum Gasteiger partial charge on any atom is -0.370 e. The van der Waals surface area contributed by atoms with Crippen molar-refractivity contribution in [1.29, 1.82) is 0 Å². The molecule has 1 aliphatic rings. The first-order valence-electron chi connectivity index (χ1n) is 7.40. The van der Waals surface area contributed by atoms with Crippen LogP contribution in [0.25, 0.3) is 11.3 Å². The molecule has 0 bridgehead atoms. The molecule has 1 N–H and O–H groups in total. The number of rotatable bonds is 5. The molecular weight excluding hydrogens is 246 g/mol. The van der Waals surface area contributed by atoms with E-state index < -0.39 is 0 Å². The average Bonchev–Trinajstić information content (AvgIpc) is 3.25. The number of benzene rings is 1. The summed E-state index contributed by atoms with van der Waals surface area (Å²) in [5.41, 5.74) is 2.36. The Morgan fingerprint density at radius 1 is 1.15 bits per heavy atom. The Morgan fingerprint density at radius 2 is 1.90 bits per heavy atom. The molecule has 0 aliphatic heterocycles. The Bertz CT molecular complexity index is 588. The fraction of sp³-hybridized carbons (Fsp3) is 0.412. The van der Waals surface area contributed by atoms with Crippen LogP contribution in [-0.4, -0.2) is 16.5 Å². The smallest absolute Gasteiger partial charge is 0.137 e. The van der Waals surface area contributed by atoms with Gasteiger partial charge in [0.2, 0.25) is 0 Å². The van der Waals surface area contributed by atoms with E-state index in [1.165, 1.54) is 12.8 Å². The number of nitrogens with one attached hydrogen (secondary N) is 1. The first-order chi connectivity index (χ1) is 9.71. The molecule has 0 saturated heterocycles. The van der Waals surface area contributed by atoms with E-state index in [1.54, 1.807) is 0 Å². The number of aromatic nitrogens is 2. The minimum atomic E-state index is 0.188. The van der Waals surface area contributed by atoms with Crippen molar-refractivity contribution in [2.24, 2.45) is 0 Å². The van der Waals surface area contributed by atoms with Crippen LogP contribution in [0.4, 0.5) is 5.82 Å². The van der Waals surface area contributed by atoms with Gasteiger partial charge in [-0.2, -0.15) is 0 Å². The topological polar surface area (TPSA) is 37.8 Å². The summed E-state index contributed by atoms with van der Waals surface area (Å²) < 4.78 is 0. The number of hydrogen-bond donors (Lipinski definition) is 1. The Morgan fingerprint density at radius 3 is 2.55 bits per heavy atom. The molecular formula is C17H21N3. The van der Waals surface area contributed by atoms with Gasteiger partial charge in [0.05, 0.1) is 5.69 Å². The molecule has 104 valence electrons. The van der Waals surface area contributed by atoms with Crippen LogP contribution in [0.2, 0.25) is 0 Å². The summed E-state index contributed by atoms with van der Waals surface area (Å²) in [5.74, 6) is 1.93. The molecule has 1 aromatic carbocycles. The Kier molecular flexibility index (Phi) is 3.43. The highest BCUT2D eigenvalue weighted by atomic mass is 15.0. The largest absolute Gasteiger partial charge is 0.370 e. The Labute approximate surface area is 120 Å². The van der Waals surface area contributed by atoms with Crippen molar-refractivity contribution < 1.29 is 0 Å². The van der Waals surface area contributed by atoms with Crippen LogP contribution in [0.3, 0.4) is 0 Å². The maximum Gasteiger partial charge on any atom is 0.137 e. The van der Waals surface area contributed by atoms with Gasteiger partial charge < -0.3 is 5.32 Å². The summed E-state index contributed by atoms with van der Waals surface area (Å²) in [6, 6.07) is 12.4. The molecule has 0 amide bonds. The fourth-order valence-electron chi connectivity index (χ4n) is 2.23. The predicted molar refractivity (Wildman–Crippen MR) is 82.8 cm³/mol. The molecule has 3 heteroatoms. The predicted octanol–water partition coefficient (Wildman–Crippen LogP) is 4.02. The first kappa shape index (κ1) is 13.1. The van der Waals surface area contributed by atoms with Crippen LogP contribution in [0.1, 0.15) is 38.9 Å². The fourth-order valence-corrected chi connectivity index (χ4v) is 2.23. The second-order valence-corrected chi connectivity index (χ2v) is 5.82. The molecule has 1 fully saturated rings. The second kappa shape index (κ2) is 5.23. The lowest BCUT2D eigenvalue weighted by molar-refractivity contribution is 0.710. The summed E-state index contributed by atoms with van der Waals surface area (Å²) in [6.45, 7) is 5.36. The molecule has 1 heterocycles. The lowest BCUT2D eigenvalue weighted by atomic mass is 10.1. The lowest BCUT2D eigenvalue weighted by Crippen LogP contribution is -2.11. The molecule has 1 aliphatic carbocycles. The Hall–Kier alpha value is -1.90. The van der Waals surface area contributed by atoms with Gasteiger partial charge in [0.25, 0.3) is 0 Å². The van der Waals surface area contributed by atoms with Crippen LogP contribution in [0, 0.1) is 0 Å². The molecule has 20 heavy (non-hydrogen) atoms. The summed E-state index contributed by atoms with van der Waals surface area (Å²) in [6.07, 6.45) is 3.48. The standard InChI is InChI=1S/C17H21N3/c1-3-11-18-15-12-14(13-7-5-4-6-8-13)19-16(20-15)17(2)9-10-17/h4-8,12H,3,9-11H2,1-2H3,(H,18,19,20). The van der Waals surface area contributed by atoms with Gasteiger partial charge in [-0.3, -0.25) is 0 Å². The first-order valence-corrected chi connectivity index (χ1v) is 7.40. The molecule has 0 unspecified atom stereocenters. The summed E-state index contributed by atoms with van der Waals surface area (Å²) >= 11 is 0. The van der Waals surface area contributed by atoms with Crippen molar-refractivity contribution in [1.82, 2.24) is 9.97 Å². The van der Waals surface area contributed by atoms with E-state index in [-0.39, 0.29) is 5.41 Å². The maximum atomic E-state index is 4.79. The summed E-state index contributed by atoms with van der Waals surface area (Å²) in [4.78, 5) is 9.50. The lowest BCUT2D eigenvalue weighted by Gasteiger charge is -2.13. The molecule has 3 nitrogen and oxygen atoms in total. The van der Waals surface area contributed by atoms with Gasteiger partial charge in [-0.05, 0) is 19.3 Å². The van der Waals surface area contributed by atoms with Crippen molar-refractivity contribution in [3.8, 4) is 11.3 Å². The van der Waals surface area contributed by atoms with E-state index in [1.807, 2.05) is 6.07 Å². The Balaban J connectivity index is 2.00. The van der Waals surface area contributed by atoms with Crippen molar-refractivity contribution in [2.75, 3.05) is 11.9 Å². The zero-order valence-electron chi connectivity index (χ0n) is 12.2. The third-order valence-corrected chi connectivity index (χ3v) is 3.89. The van der Waals surface area contributed by atoms with Gasteiger partial charge in [0, 0.05) is 23.6 Å². The molecule has 1 saturated carbocycles. The number of anilines is 1. The van der Waals surface area contributed by atoms with Crippen LogP contribution in [0.5, 0.6) is 0 Å². The molecule has 0 radical (unpaired) electrons. The number of hydrogen-bond acceptors (Lipinski definition) is 3. The van der Waals surface area contributed by atoms with E-state index >= 15 is 0 Å². The molecule has 1 aromatic heterocycles. The van der Waals surface area contributed by atoms with Crippen molar-refractivity contribution in [3.63, 3.8) is 0 Å². The molecule has 0 spiro atoms. The quantitative estimate of drug-likeness (QED) is 0.889. The van der Waals surface area contributed by atoms with E-state index in [0.717, 1.165) is 35.9 Å². The third-order valence-electron chi connectivity index (χ3n) is 3.89. The van der Waals surface area contributed by atoms with Gasteiger partial charge >= 0.3 is 0 Å². The van der Waals surface area contributed by atoms with Gasteiger partial charge in [0.15, 0.2) is 0 Å². The average molecular weight is 267 g/mol. The second-order valence-electron chi connectivity index (χ2n) is 5.82. The highest BCUT2D eigenvalue weighted by Crippen LogP contribution is 2.46. The summed E-state index contributed by atoms with van der Waals surface area (Å²) in [5, 5.41) is 3.39. The highest BCUT2D eigenvalue weighted by molar-refractivity contribution is 5.62. The van der Waals surface area contributed by atoms with Crippen LogP contribution in [0.15, 0.2) is 36.4 Å². The van der Waals surface area contributed by atoms with E-state index in [2.05, 4.69) is 49.5 Å². The van der Waals surface area contributed by atoms with E-state index in [4.69, 9.17) is 9.97 Å². The normalized spacial score (nSPS) is 15.9. The molecule has 2 aromatic rings. The van der Waals surface area contributed by atoms with Crippen LogP contribution in [-0.2, 0) is 5.41 Å². The minimum absolute atomic E-state index is 0.188. The zero-order chi connectivity index (χ0) is 14.0. The van der Waals surface area contributed by atoms with Gasteiger partial charge in [0.1, 0.15) is 11.6 Å². The monoisotopic (exact) mass is 267 g/mol.